The number of morpholine rings is 1. The van der Waals surface area contributed by atoms with Crippen molar-refractivity contribution in [2.75, 3.05) is 71.7 Å². The van der Waals surface area contributed by atoms with E-state index in [-0.39, 0.29) is 42.9 Å². The van der Waals surface area contributed by atoms with Gasteiger partial charge in [0, 0.05) is 80.1 Å². The molecule has 4 aromatic carbocycles. The van der Waals surface area contributed by atoms with Crippen LogP contribution in [0.3, 0.4) is 0 Å². The Hall–Kier alpha value is -6.15. The smallest absolute Gasteiger partial charge is 0.260 e. The number of hydrogen-bond donors (Lipinski definition) is 2. The molecular weight excluding hydrogens is 785 g/mol. The molecular formula is C49H54N6O7. The van der Waals surface area contributed by atoms with Gasteiger partial charge < -0.3 is 43.9 Å². The quantitative estimate of drug-likeness (QED) is 0.156. The van der Waals surface area contributed by atoms with Gasteiger partial charge in [0.05, 0.1) is 30.9 Å². The minimum absolute atomic E-state index is 0.0553. The number of benzene rings is 4. The molecule has 322 valence electrons. The lowest BCUT2D eigenvalue weighted by molar-refractivity contribution is 0.0193. The second-order valence-electron chi connectivity index (χ2n) is 16.9. The standard InChI is InChI=1S/C49H54N6O7/c1-51(2)19-17-50-47(57)35-11-7-8-33(24-35)29-54(37-13-15-39(56)16-14-37)49(59)42-26-44(53-18-6-5-12-43(42)53)40-27-45-46(62-32-61-45)28-41(40)48(58)55-30-36-10-4-3-9-34(36)25-38(55)31-52-20-22-60-23-21-52/h3-4,7-11,13-16,24,26-28,38,56H,5-6,12,17-23,25,29-32H2,1-2H3,(H,50,57)/t38-/m0/s1. The topological polar surface area (TPSA) is 129 Å². The first kappa shape index (κ1) is 41.2. The maximum Gasteiger partial charge on any atom is 0.260 e. The molecule has 0 spiro atoms. The van der Waals surface area contributed by atoms with Crippen LogP contribution in [0.5, 0.6) is 17.2 Å². The summed E-state index contributed by atoms with van der Waals surface area (Å²) in [7, 11) is 3.91. The minimum atomic E-state index is -0.222. The molecule has 13 nitrogen and oxygen atoms in total. The number of phenols is 1. The number of amides is 3. The SMILES string of the molecule is CN(C)CCNC(=O)c1cccc(CN(C(=O)c2cc(-c3cc4c(cc3C(=O)N3Cc5ccccc5C[C@H]3CN3CCOCC3)OCO4)n3c2CCCC3)c2ccc(O)cc2)c1. The van der Waals surface area contributed by atoms with Crippen LogP contribution in [0.4, 0.5) is 5.69 Å². The van der Waals surface area contributed by atoms with Crippen LogP contribution >= 0.6 is 0 Å². The molecule has 4 aliphatic heterocycles. The summed E-state index contributed by atoms with van der Waals surface area (Å²) in [6.45, 7) is 6.34. The highest BCUT2D eigenvalue weighted by molar-refractivity contribution is 6.09. The van der Waals surface area contributed by atoms with Gasteiger partial charge in [-0.25, -0.2) is 0 Å². The van der Waals surface area contributed by atoms with E-state index in [2.05, 4.69) is 33.0 Å². The number of fused-ring (bicyclic) bond motifs is 3. The highest BCUT2D eigenvalue weighted by Crippen LogP contribution is 2.42. The molecule has 1 aromatic heterocycles. The number of hydrogen-bond acceptors (Lipinski definition) is 9. The molecule has 9 rings (SSSR count). The van der Waals surface area contributed by atoms with E-state index in [1.165, 1.54) is 5.56 Å². The first-order valence-corrected chi connectivity index (χ1v) is 21.7. The molecule has 2 N–H and O–H groups in total. The van der Waals surface area contributed by atoms with Gasteiger partial charge in [-0.3, -0.25) is 19.3 Å². The zero-order valence-electron chi connectivity index (χ0n) is 35.5. The molecule has 0 aliphatic carbocycles. The van der Waals surface area contributed by atoms with Gasteiger partial charge in [0.2, 0.25) is 6.79 Å². The van der Waals surface area contributed by atoms with Gasteiger partial charge in [-0.2, -0.15) is 0 Å². The lowest BCUT2D eigenvalue weighted by atomic mass is 9.92. The fourth-order valence-corrected chi connectivity index (χ4v) is 9.19. The number of likely N-dealkylation sites (N-methyl/N-ethyl adjacent to an activating group) is 1. The third kappa shape index (κ3) is 8.65. The van der Waals surface area contributed by atoms with Crippen LogP contribution < -0.4 is 19.7 Å². The first-order chi connectivity index (χ1) is 30.2. The van der Waals surface area contributed by atoms with Crippen LogP contribution in [-0.2, 0) is 37.2 Å². The first-order valence-electron chi connectivity index (χ1n) is 21.7. The molecule has 4 aliphatic rings. The lowest BCUT2D eigenvalue weighted by Gasteiger charge is -2.40. The molecule has 1 atom stereocenters. The Bertz CT molecular complexity index is 2460. The summed E-state index contributed by atoms with van der Waals surface area (Å²) in [4.78, 5) is 51.8. The average molecular weight is 839 g/mol. The molecule has 62 heavy (non-hydrogen) atoms. The molecule has 13 heteroatoms. The summed E-state index contributed by atoms with van der Waals surface area (Å²) in [5.74, 6) is 0.666. The summed E-state index contributed by atoms with van der Waals surface area (Å²) in [6, 6.07) is 27.9. The van der Waals surface area contributed by atoms with Crippen LogP contribution in [-0.4, -0.2) is 115 Å². The van der Waals surface area contributed by atoms with Gasteiger partial charge in [0.25, 0.3) is 17.7 Å². The summed E-state index contributed by atoms with van der Waals surface area (Å²) < 4.78 is 19.7. The van der Waals surface area contributed by atoms with E-state index in [1.807, 2.05) is 66.4 Å². The van der Waals surface area contributed by atoms with Crippen LogP contribution in [0, 0.1) is 0 Å². The summed E-state index contributed by atoms with van der Waals surface area (Å²) in [5, 5.41) is 13.2. The molecule has 5 heterocycles. The average Bonchev–Trinajstić information content (AvgIpc) is 3.92. The van der Waals surface area contributed by atoms with E-state index in [0.717, 1.165) is 61.4 Å². The molecule has 3 amide bonds. The third-order valence-corrected chi connectivity index (χ3v) is 12.5. The number of nitrogens with zero attached hydrogens (tertiary/aromatic N) is 5. The zero-order chi connectivity index (χ0) is 42.7. The van der Waals surface area contributed by atoms with Crippen molar-refractivity contribution in [2.45, 2.75) is 51.4 Å². The van der Waals surface area contributed by atoms with E-state index in [1.54, 1.807) is 35.2 Å². The predicted octanol–water partition coefficient (Wildman–Crippen LogP) is 5.96. The molecule has 0 radical (unpaired) electrons. The van der Waals surface area contributed by atoms with Crippen molar-refractivity contribution < 1.29 is 33.7 Å². The van der Waals surface area contributed by atoms with E-state index in [9.17, 15) is 9.90 Å². The highest BCUT2D eigenvalue weighted by atomic mass is 16.7. The number of carbonyl (C=O) groups excluding carboxylic acids is 3. The number of ether oxygens (including phenoxy) is 3. The van der Waals surface area contributed by atoms with E-state index in [0.29, 0.717) is 85.3 Å². The molecule has 1 fully saturated rings. The summed E-state index contributed by atoms with van der Waals surface area (Å²) in [5.41, 5.74) is 7.69. The largest absolute Gasteiger partial charge is 0.508 e. The number of rotatable bonds is 12. The van der Waals surface area contributed by atoms with Gasteiger partial charge in [0.1, 0.15) is 5.75 Å². The van der Waals surface area contributed by atoms with Crippen LogP contribution in [0.1, 0.15) is 66.3 Å². The third-order valence-electron chi connectivity index (χ3n) is 12.5. The van der Waals surface area contributed by atoms with Gasteiger partial charge in [-0.05, 0) is 111 Å². The second-order valence-corrected chi connectivity index (χ2v) is 16.9. The fourth-order valence-electron chi connectivity index (χ4n) is 9.19. The Morgan fingerprint density at radius 3 is 2.40 bits per heavy atom. The van der Waals surface area contributed by atoms with Gasteiger partial charge in [0.15, 0.2) is 11.5 Å². The molecule has 0 unspecified atom stereocenters. The van der Waals surface area contributed by atoms with Gasteiger partial charge in [-0.15, -0.1) is 0 Å². The minimum Gasteiger partial charge on any atom is -0.508 e. The molecule has 1 saturated heterocycles. The second kappa shape index (κ2) is 18.1. The number of anilines is 1. The summed E-state index contributed by atoms with van der Waals surface area (Å²) in [6.07, 6.45) is 3.27. The highest BCUT2D eigenvalue weighted by Gasteiger charge is 2.36. The molecule has 5 aromatic rings. The van der Waals surface area contributed by atoms with Crippen LogP contribution in [0.25, 0.3) is 11.3 Å². The van der Waals surface area contributed by atoms with Crippen molar-refractivity contribution in [2.24, 2.45) is 0 Å². The fraction of sp³-hybridized carbons (Fsp3) is 0.367. The van der Waals surface area contributed by atoms with Gasteiger partial charge in [-0.1, -0.05) is 36.4 Å². The Balaban J connectivity index is 1.09. The van der Waals surface area contributed by atoms with Crippen molar-refractivity contribution in [3.05, 3.63) is 130 Å². The van der Waals surface area contributed by atoms with Crippen LogP contribution in [0.2, 0.25) is 0 Å². The lowest BCUT2D eigenvalue weighted by Crippen LogP contribution is -2.52. The Morgan fingerprint density at radius 2 is 1.61 bits per heavy atom. The van der Waals surface area contributed by atoms with E-state index in [4.69, 9.17) is 14.2 Å². The number of aromatic nitrogens is 1. The molecule has 0 bridgehead atoms. The van der Waals surface area contributed by atoms with Crippen molar-refractivity contribution >= 4 is 23.4 Å². The monoisotopic (exact) mass is 838 g/mol. The Labute approximate surface area is 362 Å². The van der Waals surface area contributed by atoms with E-state index >= 15 is 9.59 Å². The van der Waals surface area contributed by atoms with Crippen molar-refractivity contribution in [1.29, 1.82) is 0 Å². The molecule has 0 saturated carbocycles. The number of carbonyl (C=O) groups is 3. The normalized spacial score (nSPS) is 17.1. The zero-order valence-corrected chi connectivity index (χ0v) is 35.5. The number of aromatic hydroxyl groups is 1. The Kier molecular flexibility index (Phi) is 12.0. The number of nitrogens with one attached hydrogen (secondary N) is 1. The maximum absolute atomic E-state index is 15.3. The van der Waals surface area contributed by atoms with Crippen molar-refractivity contribution in [1.82, 2.24) is 24.6 Å². The van der Waals surface area contributed by atoms with Crippen LogP contribution in [0.15, 0.2) is 91.0 Å². The number of phenolic OH excluding ortho intramolecular Hbond substituents is 1. The maximum atomic E-state index is 15.3. The van der Waals surface area contributed by atoms with Crippen molar-refractivity contribution in [3.63, 3.8) is 0 Å². The predicted molar refractivity (Wildman–Crippen MR) is 236 cm³/mol. The van der Waals surface area contributed by atoms with Gasteiger partial charge >= 0.3 is 0 Å². The summed E-state index contributed by atoms with van der Waals surface area (Å²) >= 11 is 0. The van der Waals surface area contributed by atoms with E-state index < -0.39 is 0 Å². The Morgan fingerprint density at radius 1 is 0.839 bits per heavy atom. The van der Waals surface area contributed by atoms with Crippen molar-refractivity contribution in [3.8, 4) is 28.5 Å².